The fraction of sp³-hybridized carbons (Fsp3) is 0.500. The molecule has 0 aliphatic heterocycles. The zero-order chi connectivity index (χ0) is 13.2. The molecular weight excluding hydrogens is 222 g/mol. The maximum absolute atomic E-state index is 5.69. The SMILES string of the molecule is C=CCNCCCOc1ccc(C(C)CC)cc1. The van der Waals surface area contributed by atoms with Crippen LogP contribution >= 0.6 is 0 Å². The fourth-order valence-electron chi connectivity index (χ4n) is 1.72. The zero-order valence-electron chi connectivity index (χ0n) is 11.6. The Kier molecular flexibility index (Phi) is 7.19. The van der Waals surface area contributed by atoms with E-state index in [1.165, 1.54) is 12.0 Å². The van der Waals surface area contributed by atoms with Crippen LogP contribution in [-0.4, -0.2) is 19.7 Å². The number of hydrogen-bond acceptors (Lipinski definition) is 2. The Labute approximate surface area is 111 Å². The van der Waals surface area contributed by atoms with Crippen LogP contribution in [0, 0.1) is 0 Å². The first-order valence-corrected chi connectivity index (χ1v) is 6.82. The lowest BCUT2D eigenvalue weighted by molar-refractivity contribution is 0.309. The van der Waals surface area contributed by atoms with Gasteiger partial charge in [0.1, 0.15) is 5.75 Å². The van der Waals surface area contributed by atoms with Gasteiger partial charge in [-0.1, -0.05) is 32.1 Å². The second-order valence-electron chi connectivity index (χ2n) is 4.57. The summed E-state index contributed by atoms with van der Waals surface area (Å²) in [5, 5.41) is 3.25. The second-order valence-corrected chi connectivity index (χ2v) is 4.57. The maximum atomic E-state index is 5.69. The molecule has 0 aliphatic carbocycles. The standard InChI is InChI=1S/C16H25NO/c1-4-11-17-12-6-13-18-16-9-7-15(8-10-16)14(3)5-2/h4,7-10,14,17H,1,5-6,11-13H2,2-3H3. The minimum Gasteiger partial charge on any atom is -0.494 e. The van der Waals surface area contributed by atoms with Crippen LogP contribution in [0.5, 0.6) is 5.75 Å². The molecular formula is C16H25NO. The van der Waals surface area contributed by atoms with Gasteiger partial charge in [0.25, 0.3) is 0 Å². The number of hydrogen-bond donors (Lipinski definition) is 1. The van der Waals surface area contributed by atoms with Crippen LogP contribution in [0.2, 0.25) is 0 Å². The van der Waals surface area contributed by atoms with Crippen molar-refractivity contribution in [3.05, 3.63) is 42.5 Å². The Balaban J connectivity index is 2.24. The molecule has 0 heterocycles. The molecule has 0 saturated carbocycles. The predicted octanol–water partition coefficient (Wildman–Crippen LogP) is 3.74. The van der Waals surface area contributed by atoms with Crippen LogP contribution in [0.4, 0.5) is 0 Å². The molecule has 0 aliphatic rings. The lowest BCUT2D eigenvalue weighted by atomic mass is 9.99. The lowest BCUT2D eigenvalue weighted by Gasteiger charge is -2.10. The summed E-state index contributed by atoms with van der Waals surface area (Å²) in [4.78, 5) is 0. The topological polar surface area (TPSA) is 21.3 Å². The summed E-state index contributed by atoms with van der Waals surface area (Å²) < 4.78 is 5.69. The largest absolute Gasteiger partial charge is 0.494 e. The Morgan fingerprint density at radius 3 is 2.67 bits per heavy atom. The lowest BCUT2D eigenvalue weighted by Crippen LogP contribution is -2.17. The molecule has 0 fully saturated rings. The highest BCUT2D eigenvalue weighted by Gasteiger charge is 2.02. The van der Waals surface area contributed by atoms with Gasteiger partial charge in [-0.3, -0.25) is 0 Å². The fourth-order valence-corrected chi connectivity index (χ4v) is 1.72. The molecule has 0 saturated heterocycles. The number of ether oxygens (including phenoxy) is 1. The number of rotatable bonds is 9. The first-order chi connectivity index (χ1) is 8.77. The molecule has 1 N–H and O–H groups in total. The highest BCUT2D eigenvalue weighted by atomic mass is 16.5. The van der Waals surface area contributed by atoms with Crippen LogP contribution in [-0.2, 0) is 0 Å². The Morgan fingerprint density at radius 1 is 1.33 bits per heavy atom. The van der Waals surface area contributed by atoms with Gasteiger partial charge in [0.2, 0.25) is 0 Å². The first kappa shape index (κ1) is 14.8. The monoisotopic (exact) mass is 247 g/mol. The van der Waals surface area contributed by atoms with Crippen molar-refractivity contribution < 1.29 is 4.74 Å². The van der Waals surface area contributed by atoms with Gasteiger partial charge in [-0.15, -0.1) is 6.58 Å². The molecule has 0 amide bonds. The van der Waals surface area contributed by atoms with Gasteiger partial charge in [-0.2, -0.15) is 0 Å². The third kappa shape index (κ3) is 5.37. The van der Waals surface area contributed by atoms with E-state index in [0.29, 0.717) is 5.92 Å². The average Bonchev–Trinajstić information content (AvgIpc) is 2.42. The highest BCUT2D eigenvalue weighted by Crippen LogP contribution is 2.21. The molecule has 0 radical (unpaired) electrons. The van der Waals surface area contributed by atoms with E-state index >= 15 is 0 Å². The molecule has 0 bridgehead atoms. The summed E-state index contributed by atoms with van der Waals surface area (Å²) >= 11 is 0. The minimum absolute atomic E-state index is 0.627. The Hall–Kier alpha value is -1.28. The molecule has 18 heavy (non-hydrogen) atoms. The molecule has 0 spiro atoms. The summed E-state index contributed by atoms with van der Waals surface area (Å²) in [6.45, 7) is 10.7. The normalized spacial score (nSPS) is 12.1. The molecule has 1 aromatic rings. The van der Waals surface area contributed by atoms with Crippen molar-refractivity contribution in [2.75, 3.05) is 19.7 Å². The second kappa shape index (κ2) is 8.76. The van der Waals surface area contributed by atoms with Gasteiger partial charge in [0.15, 0.2) is 0 Å². The molecule has 0 aromatic heterocycles. The smallest absolute Gasteiger partial charge is 0.119 e. The van der Waals surface area contributed by atoms with Gasteiger partial charge in [-0.05, 0) is 43.0 Å². The van der Waals surface area contributed by atoms with Gasteiger partial charge >= 0.3 is 0 Å². The van der Waals surface area contributed by atoms with E-state index in [4.69, 9.17) is 4.74 Å². The summed E-state index contributed by atoms with van der Waals surface area (Å²) in [6.07, 6.45) is 4.06. The molecule has 1 atom stereocenters. The number of nitrogens with one attached hydrogen (secondary N) is 1. The van der Waals surface area contributed by atoms with Crippen molar-refractivity contribution in [2.45, 2.75) is 32.6 Å². The van der Waals surface area contributed by atoms with E-state index in [1.807, 2.05) is 6.08 Å². The van der Waals surface area contributed by atoms with Crippen LogP contribution in [0.3, 0.4) is 0 Å². The van der Waals surface area contributed by atoms with Crippen molar-refractivity contribution in [1.29, 1.82) is 0 Å². The van der Waals surface area contributed by atoms with Gasteiger partial charge in [0.05, 0.1) is 6.61 Å². The molecule has 1 aromatic carbocycles. The van der Waals surface area contributed by atoms with Crippen LogP contribution in [0.15, 0.2) is 36.9 Å². The van der Waals surface area contributed by atoms with E-state index in [0.717, 1.165) is 31.9 Å². The predicted molar refractivity (Wildman–Crippen MR) is 78.3 cm³/mol. The van der Waals surface area contributed by atoms with Crippen molar-refractivity contribution in [3.8, 4) is 5.75 Å². The minimum atomic E-state index is 0.627. The molecule has 1 rings (SSSR count). The average molecular weight is 247 g/mol. The molecule has 100 valence electrons. The van der Waals surface area contributed by atoms with Crippen molar-refractivity contribution in [1.82, 2.24) is 5.32 Å². The Morgan fingerprint density at radius 2 is 2.06 bits per heavy atom. The van der Waals surface area contributed by atoms with Gasteiger partial charge in [-0.25, -0.2) is 0 Å². The highest BCUT2D eigenvalue weighted by molar-refractivity contribution is 5.29. The van der Waals surface area contributed by atoms with Gasteiger partial charge in [0, 0.05) is 6.54 Å². The number of benzene rings is 1. The summed E-state index contributed by atoms with van der Waals surface area (Å²) in [6, 6.07) is 8.47. The Bertz CT molecular complexity index is 331. The quantitative estimate of drug-likeness (QED) is 0.530. The third-order valence-corrected chi connectivity index (χ3v) is 3.12. The van der Waals surface area contributed by atoms with Crippen molar-refractivity contribution in [3.63, 3.8) is 0 Å². The maximum Gasteiger partial charge on any atom is 0.119 e. The van der Waals surface area contributed by atoms with E-state index in [9.17, 15) is 0 Å². The summed E-state index contributed by atoms with van der Waals surface area (Å²) in [5.74, 6) is 1.59. The zero-order valence-corrected chi connectivity index (χ0v) is 11.6. The molecule has 2 nitrogen and oxygen atoms in total. The summed E-state index contributed by atoms with van der Waals surface area (Å²) in [5.41, 5.74) is 1.39. The third-order valence-electron chi connectivity index (χ3n) is 3.12. The van der Waals surface area contributed by atoms with E-state index in [1.54, 1.807) is 0 Å². The first-order valence-electron chi connectivity index (χ1n) is 6.82. The van der Waals surface area contributed by atoms with Crippen molar-refractivity contribution in [2.24, 2.45) is 0 Å². The van der Waals surface area contributed by atoms with Crippen LogP contribution < -0.4 is 10.1 Å². The van der Waals surface area contributed by atoms with Crippen molar-refractivity contribution >= 4 is 0 Å². The van der Waals surface area contributed by atoms with E-state index in [-0.39, 0.29) is 0 Å². The van der Waals surface area contributed by atoms with E-state index in [2.05, 4.69) is 50.0 Å². The molecule has 2 heteroatoms. The van der Waals surface area contributed by atoms with Crippen LogP contribution in [0.1, 0.15) is 38.2 Å². The summed E-state index contributed by atoms with van der Waals surface area (Å²) in [7, 11) is 0. The van der Waals surface area contributed by atoms with Gasteiger partial charge < -0.3 is 10.1 Å². The van der Waals surface area contributed by atoms with Crippen LogP contribution in [0.25, 0.3) is 0 Å². The van der Waals surface area contributed by atoms with E-state index < -0.39 is 0 Å². The molecule has 1 unspecified atom stereocenters.